The SMILES string of the molecule is CC(C)CCC(C)NC(=O)c1cc(Cl)c2c(c1)OCCCO2. The molecule has 1 aliphatic heterocycles. The summed E-state index contributed by atoms with van der Waals surface area (Å²) in [7, 11) is 0. The van der Waals surface area contributed by atoms with Crippen molar-refractivity contribution < 1.29 is 14.3 Å². The zero-order chi connectivity index (χ0) is 16.1. The molecule has 1 amide bonds. The third kappa shape index (κ3) is 4.54. The monoisotopic (exact) mass is 325 g/mol. The molecule has 1 N–H and O–H groups in total. The van der Waals surface area contributed by atoms with Gasteiger partial charge in [-0.1, -0.05) is 25.4 Å². The van der Waals surface area contributed by atoms with Crippen molar-refractivity contribution in [2.45, 2.75) is 46.1 Å². The molecule has 0 aromatic heterocycles. The van der Waals surface area contributed by atoms with Gasteiger partial charge in [-0.2, -0.15) is 0 Å². The van der Waals surface area contributed by atoms with Crippen LogP contribution < -0.4 is 14.8 Å². The molecule has 4 nitrogen and oxygen atoms in total. The Morgan fingerprint density at radius 1 is 1.23 bits per heavy atom. The van der Waals surface area contributed by atoms with Crippen molar-refractivity contribution in [1.29, 1.82) is 0 Å². The minimum atomic E-state index is -0.131. The number of hydrogen-bond acceptors (Lipinski definition) is 3. The standard InChI is InChI=1S/C17H24ClNO3/c1-11(2)5-6-12(3)19-17(20)13-9-14(18)16-15(10-13)21-7-4-8-22-16/h9-12H,4-8H2,1-3H3,(H,19,20). The van der Waals surface area contributed by atoms with Crippen molar-refractivity contribution in [3.05, 3.63) is 22.7 Å². The smallest absolute Gasteiger partial charge is 0.251 e. The molecular formula is C17H24ClNO3. The maximum atomic E-state index is 12.4. The number of ether oxygens (including phenoxy) is 2. The minimum Gasteiger partial charge on any atom is -0.489 e. The number of carbonyl (C=O) groups is 1. The lowest BCUT2D eigenvalue weighted by Crippen LogP contribution is -2.32. The molecular weight excluding hydrogens is 302 g/mol. The van der Waals surface area contributed by atoms with Gasteiger partial charge in [-0.05, 0) is 37.8 Å². The highest BCUT2D eigenvalue weighted by Gasteiger charge is 2.19. The maximum Gasteiger partial charge on any atom is 0.251 e. The second kappa shape index (κ2) is 7.73. The van der Waals surface area contributed by atoms with E-state index in [0.717, 1.165) is 19.3 Å². The zero-order valence-corrected chi connectivity index (χ0v) is 14.2. The Balaban J connectivity index is 2.07. The van der Waals surface area contributed by atoms with E-state index in [1.165, 1.54) is 0 Å². The number of fused-ring (bicyclic) bond motifs is 1. The quantitative estimate of drug-likeness (QED) is 0.888. The summed E-state index contributed by atoms with van der Waals surface area (Å²) in [5.74, 6) is 1.58. The van der Waals surface area contributed by atoms with Crippen LogP contribution in [0.2, 0.25) is 5.02 Å². The largest absolute Gasteiger partial charge is 0.489 e. The van der Waals surface area contributed by atoms with E-state index in [-0.39, 0.29) is 11.9 Å². The highest BCUT2D eigenvalue weighted by molar-refractivity contribution is 6.32. The van der Waals surface area contributed by atoms with Gasteiger partial charge in [-0.15, -0.1) is 0 Å². The summed E-state index contributed by atoms with van der Waals surface area (Å²) >= 11 is 6.22. The molecule has 22 heavy (non-hydrogen) atoms. The number of nitrogens with one attached hydrogen (secondary N) is 1. The molecule has 0 saturated heterocycles. The molecule has 0 fully saturated rings. The average Bonchev–Trinajstić information content (AvgIpc) is 2.70. The molecule has 2 rings (SSSR count). The van der Waals surface area contributed by atoms with E-state index < -0.39 is 0 Å². The fraction of sp³-hybridized carbons (Fsp3) is 0.588. The van der Waals surface area contributed by atoms with Crippen molar-refractivity contribution >= 4 is 17.5 Å². The lowest BCUT2D eigenvalue weighted by Gasteiger charge is -2.16. The predicted octanol–water partition coefficient (Wildman–Crippen LogP) is 4.06. The molecule has 1 aliphatic rings. The maximum absolute atomic E-state index is 12.4. The van der Waals surface area contributed by atoms with E-state index in [1.807, 2.05) is 6.92 Å². The summed E-state index contributed by atoms with van der Waals surface area (Å²) in [6.45, 7) is 7.52. The summed E-state index contributed by atoms with van der Waals surface area (Å²) in [4.78, 5) is 12.4. The van der Waals surface area contributed by atoms with Gasteiger partial charge in [-0.25, -0.2) is 0 Å². The molecule has 0 saturated carbocycles. The normalized spacial score (nSPS) is 15.3. The van der Waals surface area contributed by atoms with Crippen molar-refractivity contribution in [2.75, 3.05) is 13.2 Å². The lowest BCUT2D eigenvalue weighted by molar-refractivity contribution is 0.0936. The van der Waals surface area contributed by atoms with Gasteiger partial charge in [0, 0.05) is 18.0 Å². The van der Waals surface area contributed by atoms with Crippen LogP contribution in [-0.2, 0) is 0 Å². The van der Waals surface area contributed by atoms with Crippen LogP contribution in [0.25, 0.3) is 0 Å². The Morgan fingerprint density at radius 3 is 2.68 bits per heavy atom. The van der Waals surface area contributed by atoms with Gasteiger partial charge in [0.25, 0.3) is 5.91 Å². The minimum absolute atomic E-state index is 0.129. The number of carbonyl (C=O) groups excluding carboxylic acids is 1. The second-order valence-corrected chi connectivity index (χ2v) is 6.59. The van der Waals surface area contributed by atoms with E-state index in [1.54, 1.807) is 12.1 Å². The molecule has 0 bridgehead atoms. The first-order chi connectivity index (χ1) is 10.5. The number of rotatable bonds is 5. The van der Waals surface area contributed by atoms with Crippen LogP contribution in [0.5, 0.6) is 11.5 Å². The molecule has 1 aromatic rings. The molecule has 122 valence electrons. The van der Waals surface area contributed by atoms with Crippen LogP contribution in [0.15, 0.2) is 12.1 Å². The molecule has 1 heterocycles. The third-order valence-corrected chi connectivity index (χ3v) is 3.90. The van der Waals surface area contributed by atoms with Gasteiger partial charge in [0.05, 0.1) is 18.2 Å². The van der Waals surface area contributed by atoms with E-state index in [0.29, 0.717) is 41.2 Å². The molecule has 1 aromatic carbocycles. The van der Waals surface area contributed by atoms with E-state index >= 15 is 0 Å². The summed E-state index contributed by atoms with van der Waals surface area (Å²) in [5.41, 5.74) is 0.505. The van der Waals surface area contributed by atoms with E-state index in [9.17, 15) is 4.79 Å². The number of hydrogen-bond donors (Lipinski definition) is 1. The topological polar surface area (TPSA) is 47.6 Å². The number of amides is 1. The van der Waals surface area contributed by atoms with Crippen molar-refractivity contribution in [2.24, 2.45) is 5.92 Å². The molecule has 0 spiro atoms. The Kier molecular flexibility index (Phi) is 5.95. The first-order valence-corrected chi connectivity index (χ1v) is 8.25. The lowest BCUT2D eigenvalue weighted by atomic mass is 10.0. The Labute approximate surface area is 137 Å². The Hall–Kier alpha value is -1.42. The van der Waals surface area contributed by atoms with Crippen molar-refractivity contribution in [3.63, 3.8) is 0 Å². The molecule has 1 atom stereocenters. The molecule has 0 radical (unpaired) electrons. The summed E-state index contributed by atoms with van der Waals surface area (Å²) in [6, 6.07) is 3.47. The molecule has 1 unspecified atom stereocenters. The van der Waals surface area contributed by atoms with Gasteiger partial charge in [0.15, 0.2) is 11.5 Å². The fourth-order valence-electron chi connectivity index (χ4n) is 2.32. The van der Waals surface area contributed by atoms with Crippen LogP contribution in [0.1, 0.15) is 50.4 Å². The fourth-order valence-corrected chi connectivity index (χ4v) is 2.59. The van der Waals surface area contributed by atoms with Crippen LogP contribution in [0.4, 0.5) is 0 Å². The van der Waals surface area contributed by atoms with Gasteiger partial charge >= 0.3 is 0 Å². The summed E-state index contributed by atoms with van der Waals surface area (Å²) in [5, 5.41) is 3.42. The highest BCUT2D eigenvalue weighted by Crippen LogP contribution is 2.37. The van der Waals surface area contributed by atoms with Gasteiger partial charge in [0.2, 0.25) is 0 Å². The summed E-state index contributed by atoms with van der Waals surface area (Å²) < 4.78 is 11.2. The number of halogens is 1. The van der Waals surface area contributed by atoms with Gasteiger partial charge in [0.1, 0.15) is 0 Å². The molecule has 5 heteroatoms. The third-order valence-electron chi connectivity index (χ3n) is 3.62. The van der Waals surface area contributed by atoms with E-state index in [2.05, 4.69) is 19.2 Å². The van der Waals surface area contributed by atoms with Crippen molar-refractivity contribution in [3.8, 4) is 11.5 Å². The van der Waals surface area contributed by atoms with Gasteiger partial charge < -0.3 is 14.8 Å². The highest BCUT2D eigenvalue weighted by atomic mass is 35.5. The van der Waals surface area contributed by atoms with Crippen LogP contribution in [0, 0.1) is 5.92 Å². The molecule has 0 aliphatic carbocycles. The number of benzene rings is 1. The van der Waals surface area contributed by atoms with Gasteiger partial charge in [-0.3, -0.25) is 4.79 Å². The first-order valence-electron chi connectivity index (χ1n) is 7.87. The average molecular weight is 326 g/mol. The van der Waals surface area contributed by atoms with Crippen LogP contribution in [-0.4, -0.2) is 25.2 Å². The van der Waals surface area contributed by atoms with Crippen LogP contribution >= 0.6 is 11.6 Å². The second-order valence-electron chi connectivity index (χ2n) is 6.18. The van der Waals surface area contributed by atoms with E-state index in [4.69, 9.17) is 21.1 Å². The first kappa shape index (κ1) is 16.9. The summed E-state index contributed by atoms with van der Waals surface area (Å²) in [6.07, 6.45) is 2.85. The zero-order valence-electron chi connectivity index (χ0n) is 13.4. The Bertz CT molecular complexity index is 531. The predicted molar refractivity (Wildman–Crippen MR) is 88.1 cm³/mol. The Morgan fingerprint density at radius 2 is 1.95 bits per heavy atom. The van der Waals surface area contributed by atoms with Crippen LogP contribution in [0.3, 0.4) is 0 Å². The van der Waals surface area contributed by atoms with Crippen molar-refractivity contribution in [1.82, 2.24) is 5.32 Å².